The van der Waals surface area contributed by atoms with Crippen molar-refractivity contribution in [2.45, 2.75) is 25.1 Å². The summed E-state index contributed by atoms with van der Waals surface area (Å²) in [5, 5.41) is 0. The number of aryl methyl sites for hydroxylation is 1. The van der Waals surface area contributed by atoms with Gasteiger partial charge in [-0.05, 0) is 32.3 Å². The summed E-state index contributed by atoms with van der Waals surface area (Å²) < 4.78 is 28.8. The van der Waals surface area contributed by atoms with Gasteiger partial charge in [0.05, 0.1) is 18.1 Å². The molecule has 1 aliphatic heterocycles. The number of sulfone groups is 1. The number of hydrogen-bond acceptors (Lipinski definition) is 3. The van der Waals surface area contributed by atoms with Crippen molar-refractivity contribution >= 4 is 25.8 Å². The molecule has 1 aromatic carbocycles. The first kappa shape index (κ1) is 14.9. The number of halogens is 1. The molecule has 2 unspecified atom stereocenters. The zero-order valence-electron chi connectivity index (χ0n) is 11.2. The number of ether oxygens (including phenoxy) is 1. The van der Waals surface area contributed by atoms with Gasteiger partial charge < -0.3 is 4.74 Å². The van der Waals surface area contributed by atoms with E-state index in [4.69, 9.17) is 4.74 Å². The molecule has 0 bridgehead atoms. The lowest BCUT2D eigenvalue weighted by Crippen LogP contribution is -2.11. The molecule has 0 spiro atoms. The smallest absolute Gasteiger partial charge is 0.150 e. The second-order valence-corrected chi connectivity index (χ2v) is 8.25. The van der Waals surface area contributed by atoms with E-state index in [1.807, 2.05) is 26.0 Å². The SMILES string of the molecule is CCOc1ccc(C)cc1C(Br)C1CCS(=O)(=O)C1. The van der Waals surface area contributed by atoms with Gasteiger partial charge in [0.2, 0.25) is 0 Å². The molecule has 0 radical (unpaired) electrons. The molecule has 2 atom stereocenters. The highest BCUT2D eigenvalue weighted by Crippen LogP contribution is 2.41. The van der Waals surface area contributed by atoms with Gasteiger partial charge >= 0.3 is 0 Å². The van der Waals surface area contributed by atoms with Gasteiger partial charge in [0, 0.05) is 10.4 Å². The molecule has 2 rings (SSSR count). The van der Waals surface area contributed by atoms with Crippen molar-refractivity contribution in [3.8, 4) is 5.75 Å². The van der Waals surface area contributed by atoms with E-state index in [1.165, 1.54) is 0 Å². The van der Waals surface area contributed by atoms with Gasteiger partial charge in [-0.25, -0.2) is 8.42 Å². The predicted molar refractivity (Wildman–Crippen MR) is 80.8 cm³/mol. The third kappa shape index (κ3) is 3.51. The Labute approximate surface area is 123 Å². The van der Waals surface area contributed by atoms with Crippen molar-refractivity contribution in [1.82, 2.24) is 0 Å². The van der Waals surface area contributed by atoms with Crippen LogP contribution in [0, 0.1) is 12.8 Å². The topological polar surface area (TPSA) is 43.4 Å². The van der Waals surface area contributed by atoms with Gasteiger partial charge in [-0.1, -0.05) is 33.6 Å². The van der Waals surface area contributed by atoms with Gasteiger partial charge in [0.25, 0.3) is 0 Å². The molecule has 0 saturated carbocycles. The average Bonchev–Trinajstić information content (AvgIpc) is 2.71. The summed E-state index contributed by atoms with van der Waals surface area (Å²) >= 11 is 3.68. The fourth-order valence-corrected chi connectivity index (χ4v) is 5.38. The average molecular weight is 347 g/mol. The third-order valence-electron chi connectivity index (χ3n) is 3.44. The Bertz CT molecular complexity index is 554. The molecule has 5 heteroatoms. The van der Waals surface area contributed by atoms with Crippen LogP contribution < -0.4 is 4.74 Å². The molecular formula is C14H19BrO3S. The maximum absolute atomic E-state index is 11.6. The van der Waals surface area contributed by atoms with E-state index in [-0.39, 0.29) is 16.5 Å². The number of hydrogen-bond donors (Lipinski definition) is 0. The molecule has 0 aliphatic carbocycles. The summed E-state index contributed by atoms with van der Waals surface area (Å²) in [6, 6.07) is 6.06. The van der Waals surface area contributed by atoms with Crippen LogP contribution in [0.5, 0.6) is 5.75 Å². The molecule has 1 heterocycles. The Morgan fingerprint density at radius 3 is 2.79 bits per heavy atom. The third-order valence-corrected chi connectivity index (χ3v) is 6.48. The maximum Gasteiger partial charge on any atom is 0.150 e. The Morgan fingerprint density at radius 1 is 1.47 bits per heavy atom. The summed E-state index contributed by atoms with van der Waals surface area (Å²) in [4.78, 5) is 0.0335. The zero-order valence-corrected chi connectivity index (χ0v) is 13.6. The van der Waals surface area contributed by atoms with E-state index in [0.29, 0.717) is 12.4 Å². The highest BCUT2D eigenvalue weighted by atomic mass is 79.9. The fraction of sp³-hybridized carbons (Fsp3) is 0.571. The van der Waals surface area contributed by atoms with E-state index < -0.39 is 9.84 Å². The van der Waals surface area contributed by atoms with E-state index in [0.717, 1.165) is 23.3 Å². The molecule has 1 saturated heterocycles. The van der Waals surface area contributed by atoms with Crippen molar-refractivity contribution in [1.29, 1.82) is 0 Å². The largest absolute Gasteiger partial charge is 0.494 e. The summed E-state index contributed by atoms with van der Waals surface area (Å²) in [5.74, 6) is 1.54. The first-order chi connectivity index (χ1) is 8.93. The van der Waals surface area contributed by atoms with Crippen molar-refractivity contribution in [3.63, 3.8) is 0 Å². The lowest BCUT2D eigenvalue weighted by molar-refractivity contribution is 0.334. The van der Waals surface area contributed by atoms with Crippen molar-refractivity contribution in [2.75, 3.05) is 18.1 Å². The first-order valence-corrected chi connectivity index (χ1v) is 9.24. The van der Waals surface area contributed by atoms with Crippen molar-refractivity contribution in [2.24, 2.45) is 5.92 Å². The second-order valence-electron chi connectivity index (χ2n) is 5.04. The minimum atomic E-state index is -2.85. The molecule has 19 heavy (non-hydrogen) atoms. The van der Waals surface area contributed by atoms with Crippen LogP contribution in [0.1, 0.15) is 29.3 Å². The fourth-order valence-electron chi connectivity index (χ4n) is 2.48. The quantitative estimate of drug-likeness (QED) is 0.786. The van der Waals surface area contributed by atoms with Gasteiger partial charge in [0.1, 0.15) is 5.75 Å². The van der Waals surface area contributed by atoms with Gasteiger partial charge in [-0.3, -0.25) is 0 Å². The van der Waals surface area contributed by atoms with Crippen LogP contribution in [-0.4, -0.2) is 26.5 Å². The molecular weight excluding hydrogens is 328 g/mol. The van der Waals surface area contributed by atoms with Gasteiger partial charge in [-0.2, -0.15) is 0 Å². The summed E-state index contributed by atoms with van der Waals surface area (Å²) in [6.07, 6.45) is 0.720. The van der Waals surface area contributed by atoms with Crippen LogP contribution in [0.25, 0.3) is 0 Å². The Hall–Kier alpha value is -0.550. The van der Waals surface area contributed by atoms with Crippen molar-refractivity contribution in [3.05, 3.63) is 29.3 Å². The normalized spacial score (nSPS) is 23.2. The number of rotatable bonds is 4. The van der Waals surface area contributed by atoms with Crippen LogP contribution in [0.15, 0.2) is 18.2 Å². The van der Waals surface area contributed by atoms with E-state index in [2.05, 4.69) is 22.0 Å². The highest BCUT2D eigenvalue weighted by Gasteiger charge is 2.34. The minimum absolute atomic E-state index is 0.0335. The summed E-state index contributed by atoms with van der Waals surface area (Å²) in [7, 11) is -2.85. The molecule has 3 nitrogen and oxygen atoms in total. The maximum atomic E-state index is 11.6. The highest BCUT2D eigenvalue weighted by molar-refractivity contribution is 9.09. The van der Waals surface area contributed by atoms with Crippen LogP contribution in [0.3, 0.4) is 0 Å². The van der Waals surface area contributed by atoms with Crippen LogP contribution >= 0.6 is 15.9 Å². The summed E-state index contributed by atoms with van der Waals surface area (Å²) in [5.41, 5.74) is 2.22. The molecule has 0 N–H and O–H groups in total. The van der Waals surface area contributed by atoms with Crippen LogP contribution in [0.4, 0.5) is 0 Å². The standard InChI is InChI=1S/C14H19BrO3S/c1-3-18-13-5-4-10(2)8-12(13)14(15)11-6-7-19(16,17)9-11/h4-5,8,11,14H,3,6-7,9H2,1-2H3. The zero-order chi connectivity index (χ0) is 14.0. The predicted octanol–water partition coefficient (Wildman–Crippen LogP) is 3.26. The number of alkyl halides is 1. The molecule has 0 amide bonds. The first-order valence-electron chi connectivity index (χ1n) is 6.51. The van der Waals surface area contributed by atoms with E-state index >= 15 is 0 Å². The Morgan fingerprint density at radius 2 is 2.21 bits per heavy atom. The molecule has 1 aliphatic rings. The van der Waals surface area contributed by atoms with Crippen molar-refractivity contribution < 1.29 is 13.2 Å². The molecule has 0 aromatic heterocycles. The van der Waals surface area contributed by atoms with Crippen LogP contribution in [0.2, 0.25) is 0 Å². The monoisotopic (exact) mass is 346 g/mol. The van der Waals surface area contributed by atoms with E-state index in [1.54, 1.807) is 0 Å². The molecule has 1 aromatic rings. The second kappa shape index (κ2) is 5.83. The molecule has 1 fully saturated rings. The molecule has 106 valence electrons. The van der Waals surface area contributed by atoms with Gasteiger partial charge in [-0.15, -0.1) is 0 Å². The summed E-state index contributed by atoms with van der Waals surface area (Å²) in [6.45, 7) is 4.59. The lowest BCUT2D eigenvalue weighted by Gasteiger charge is -2.20. The lowest BCUT2D eigenvalue weighted by atomic mass is 9.97. The minimum Gasteiger partial charge on any atom is -0.494 e. The van der Waals surface area contributed by atoms with Crippen LogP contribution in [-0.2, 0) is 9.84 Å². The Balaban J connectivity index is 2.27. The van der Waals surface area contributed by atoms with Gasteiger partial charge in [0.15, 0.2) is 9.84 Å². The number of benzene rings is 1. The van der Waals surface area contributed by atoms with E-state index in [9.17, 15) is 8.42 Å². The Kier molecular flexibility index (Phi) is 4.56.